The Labute approximate surface area is 237 Å². The summed E-state index contributed by atoms with van der Waals surface area (Å²) in [6, 6.07) is 11.1. The van der Waals surface area contributed by atoms with Crippen molar-refractivity contribution in [1.82, 2.24) is 9.47 Å². The van der Waals surface area contributed by atoms with Gasteiger partial charge in [-0.05, 0) is 0 Å². The monoisotopic (exact) mass is 632 g/mol. The van der Waals surface area contributed by atoms with Gasteiger partial charge in [0.15, 0.2) is 0 Å². The molecule has 200 valence electrons. The first-order valence-electron chi connectivity index (χ1n) is 14.2. The molecule has 0 saturated carbocycles. The molecule has 0 bridgehead atoms. The quantitative estimate of drug-likeness (QED) is 0.175. The minimum atomic E-state index is -0.647. The van der Waals surface area contributed by atoms with Crippen molar-refractivity contribution in [1.29, 1.82) is 0 Å². The van der Waals surface area contributed by atoms with Gasteiger partial charge in [0.05, 0.1) is 0 Å². The van der Waals surface area contributed by atoms with Crippen LogP contribution in [0.5, 0.6) is 5.75 Å². The van der Waals surface area contributed by atoms with Crippen LogP contribution in [0.4, 0.5) is 4.39 Å². The van der Waals surface area contributed by atoms with Gasteiger partial charge in [0.1, 0.15) is 0 Å². The molecular formula is C31H42ClFN2OSn. The van der Waals surface area contributed by atoms with Crippen LogP contribution >= 0.6 is 11.6 Å². The molecule has 0 fully saturated rings. The van der Waals surface area contributed by atoms with Gasteiger partial charge in [-0.25, -0.2) is 0 Å². The van der Waals surface area contributed by atoms with Crippen LogP contribution in [0.15, 0.2) is 42.6 Å². The van der Waals surface area contributed by atoms with Gasteiger partial charge in [0.25, 0.3) is 0 Å². The SMILES string of the molecule is CCCC[C](CCCC)(CCCC)[Sn][CH2]N1CCOc2c(Cl)cc(-n3ccc4cc(F)ccc43)cc2C1. The minimum absolute atomic E-state index is 0.216. The third kappa shape index (κ3) is 7.24. The molecule has 0 amide bonds. The number of benzene rings is 2. The number of rotatable bonds is 13. The molecule has 0 aliphatic carbocycles. The predicted molar refractivity (Wildman–Crippen MR) is 156 cm³/mol. The number of ether oxygens (including phenoxy) is 1. The molecule has 2 heterocycles. The summed E-state index contributed by atoms with van der Waals surface area (Å²) in [7, 11) is 0. The maximum atomic E-state index is 13.7. The van der Waals surface area contributed by atoms with E-state index in [-0.39, 0.29) is 5.82 Å². The second-order valence-electron chi connectivity index (χ2n) is 10.6. The summed E-state index contributed by atoms with van der Waals surface area (Å²) in [6.45, 7) is 9.53. The number of hydrogen-bond donors (Lipinski definition) is 0. The first-order chi connectivity index (χ1) is 18.0. The summed E-state index contributed by atoms with van der Waals surface area (Å²) in [4.78, 5) is 2.64. The molecule has 2 radical (unpaired) electrons. The molecule has 0 saturated heterocycles. The molecule has 0 N–H and O–H groups in total. The van der Waals surface area contributed by atoms with Crippen LogP contribution in [0.25, 0.3) is 16.6 Å². The summed E-state index contributed by atoms with van der Waals surface area (Å²) in [6.07, 6.45) is 14.3. The average Bonchev–Trinajstić information content (AvgIpc) is 3.19. The van der Waals surface area contributed by atoms with E-state index in [1.807, 2.05) is 24.4 Å². The normalized spacial score (nSPS) is 14.5. The molecule has 0 unspecified atom stereocenters. The Morgan fingerprint density at radius 1 is 0.973 bits per heavy atom. The molecule has 0 atom stereocenters. The fourth-order valence-electron chi connectivity index (χ4n) is 5.59. The van der Waals surface area contributed by atoms with Crippen molar-refractivity contribution in [3.05, 3.63) is 59.0 Å². The number of nitrogens with zero attached hydrogens (tertiary/aromatic N) is 2. The van der Waals surface area contributed by atoms with Crippen molar-refractivity contribution < 1.29 is 9.13 Å². The number of halogens is 2. The van der Waals surface area contributed by atoms with Gasteiger partial charge >= 0.3 is 239 Å². The fraction of sp³-hybridized carbons (Fsp3) is 0.548. The van der Waals surface area contributed by atoms with Gasteiger partial charge in [-0.1, -0.05) is 0 Å². The van der Waals surface area contributed by atoms with Crippen molar-refractivity contribution in [2.75, 3.05) is 17.7 Å². The van der Waals surface area contributed by atoms with E-state index in [1.165, 1.54) is 68.4 Å². The summed E-state index contributed by atoms with van der Waals surface area (Å²) >= 11 is 6.13. The third-order valence-corrected chi connectivity index (χ3v) is 14.1. The Kier molecular flexibility index (Phi) is 10.7. The van der Waals surface area contributed by atoms with Crippen molar-refractivity contribution in [3.8, 4) is 11.4 Å². The van der Waals surface area contributed by atoms with Crippen molar-refractivity contribution >= 4 is 43.6 Å². The van der Waals surface area contributed by atoms with Crippen LogP contribution in [0.2, 0.25) is 8.45 Å². The molecule has 2 aromatic carbocycles. The zero-order chi connectivity index (χ0) is 26.3. The Hall–Kier alpha value is -1.24. The topological polar surface area (TPSA) is 17.4 Å². The number of unbranched alkanes of at least 4 members (excludes halogenated alkanes) is 3. The van der Waals surface area contributed by atoms with Crippen LogP contribution in [-0.4, -0.2) is 48.3 Å². The zero-order valence-corrected chi connectivity index (χ0v) is 26.4. The molecule has 3 nitrogen and oxygen atoms in total. The van der Waals surface area contributed by atoms with E-state index in [2.05, 4.69) is 36.3 Å². The average molecular weight is 632 g/mol. The third-order valence-electron chi connectivity index (χ3n) is 7.79. The summed E-state index contributed by atoms with van der Waals surface area (Å²) in [5.74, 6) is 0.613. The Balaban J connectivity index is 1.56. The van der Waals surface area contributed by atoms with E-state index in [1.54, 1.807) is 6.07 Å². The van der Waals surface area contributed by atoms with Gasteiger partial charge in [0.2, 0.25) is 0 Å². The number of fused-ring (bicyclic) bond motifs is 2. The van der Waals surface area contributed by atoms with E-state index < -0.39 is 21.1 Å². The number of hydrogen-bond acceptors (Lipinski definition) is 2. The predicted octanol–water partition coefficient (Wildman–Crippen LogP) is 9.01. The van der Waals surface area contributed by atoms with E-state index in [4.69, 9.17) is 16.3 Å². The maximum absolute atomic E-state index is 13.7. The number of aromatic nitrogens is 1. The van der Waals surface area contributed by atoms with Gasteiger partial charge < -0.3 is 0 Å². The summed E-state index contributed by atoms with van der Waals surface area (Å²) in [5, 5.41) is 1.54. The van der Waals surface area contributed by atoms with E-state index in [0.717, 1.165) is 41.0 Å². The molecule has 1 aliphatic rings. The Morgan fingerprint density at radius 3 is 2.35 bits per heavy atom. The zero-order valence-electron chi connectivity index (χ0n) is 22.8. The van der Waals surface area contributed by atoms with Crippen molar-refractivity contribution in [3.63, 3.8) is 0 Å². The Bertz CT molecular complexity index is 1140. The van der Waals surface area contributed by atoms with Gasteiger partial charge in [-0.3, -0.25) is 0 Å². The van der Waals surface area contributed by atoms with E-state index in [0.29, 0.717) is 15.1 Å². The Morgan fingerprint density at radius 2 is 1.68 bits per heavy atom. The molecule has 3 aromatic rings. The van der Waals surface area contributed by atoms with Gasteiger partial charge in [-0.2, -0.15) is 0 Å². The summed E-state index contributed by atoms with van der Waals surface area (Å²) < 4.78 is 23.9. The molecule has 37 heavy (non-hydrogen) atoms. The van der Waals surface area contributed by atoms with Crippen LogP contribution in [0.1, 0.15) is 84.1 Å². The van der Waals surface area contributed by atoms with Crippen LogP contribution in [0, 0.1) is 5.82 Å². The van der Waals surface area contributed by atoms with Crippen molar-refractivity contribution in [2.45, 2.75) is 88.5 Å². The molecule has 1 aromatic heterocycles. The van der Waals surface area contributed by atoms with Crippen LogP contribution < -0.4 is 4.74 Å². The second-order valence-corrected chi connectivity index (χ2v) is 16.0. The van der Waals surface area contributed by atoms with Gasteiger partial charge in [-0.15, -0.1) is 0 Å². The molecule has 1 aliphatic heterocycles. The molecule has 0 spiro atoms. The fourth-order valence-corrected chi connectivity index (χ4v) is 11.3. The van der Waals surface area contributed by atoms with E-state index in [9.17, 15) is 4.39 Å². The first kappa shape index (κ1) is 28.8. The summed E-state index contributed by atoms with van der Waals surface area (Å²) in [5.41, 5.74) is 3.13. The first-order valence-corrected chi connectivity index (χ1v) is 18.0. The van der Waals surface area contributed by atoms with Crippen molar-refractivity contribution in [2.24, 2.45) is 0 Å². The van der Waals surface area contributed by atoms with Gasteiger partial charge in [0, 0.05) is 0 Å². The second kappa shape index (κ2) is 13.7. The molecular weight excluding hydrogens is 590 g/mol. The standard InChI is InChI=1S/C18H15ClFN2O.C13H27.Sn/c1-21-6-7-23-18-13(11-21)9-15(10-16(18)19)22-5-4-12-8-14(20)2-3-17(12)22;1-4-7-10-13(11-8-5-2)12-9-6-3;/h2-5,8-10H,1,6-7,11H2;4-12H2,1-3H3;. The molecule has 4 rings (SSSR count). The van der Waals surface area contributed by atoms with Crippen LogP contribution in [-0.2, 0) is 6.54 Å². The van der Waals surface area contributed by atoms with Crippen LogP contribution in [0.3, 0.4) is 0 Å². The molecule has 6 heteroatoms. The van der Waals surface area contributed by atoms with E-state index >= 15 is 0 Å².